The highest BCUT2D eigenvalue weighted by Gasteiger charge is 2.32. The normalized spacial score (nSPS) is 20.4. The van der Waals surface area contributed by atoms with Crippen molar-refractivity contribution in [3.05, 3.63) is 52.3 Å². The molecular weight excluding hydrogens is 286 g/mol. The van der Waals surface area contributed by atoms with Crippen molar-refractivity contribution in [3.8, 4) is 12.3 Å². The number of H-pyrrole nitrogens is 1. The number of halogens is 1. The van der Waals surface area contributed by atoms with Crippen LogP contribution in [0.3, 0.4) is 0 Å². The smallest absolute Gasteiger partial charge is 0.270 e. The van der Waals surface area contributed by atoms with Gasteiger partial charge in [-0.25, -0.2) is 0 Å². The molecule has 0 atom stereocenters. The van der Waals surface area contributed by atoms with Crippen molar-refractivity contribution in [1.29, 1.82) is 0 Å². The van der Waals surface area contributed by atoms with Crippen LogP contribution in [0.1, 0.15) is 40.4 Å². The van der Waals surface area contributed by atoms with Crippen LogP contribution in [0.25, 0.3) is 0 Å². The number of carbonyl (C=O) groups excluding carboxylic acids is 1. The Bertz CT molecular complexity index is 693. The Hall–Kier alpha value is -2.25. The van der Waals surface area contributed by atoms with E-state index in [1.54, 1.807) is 0 Å². The fourth-order valence-electron chi connectivity index (χ4n) is 2.57. The summed E-state index contributed by atoms with van der Waals surface area (Å²) in [6.07, 6.45) is 8.65. The van der Waals surface area contributed by atoms with Crippen LogP contribution >= 0.6 is 11.6 Å². The summed E-state index contributed by atoms with van der Waals surface area (Å²) in [4.78, 5) is 12.1. The van der Waals surface area contributed by atoms with E-state index >= 15 is 0 Å². The van der Waals surface area contributed by atoms with E-state index in [9.17, 15) is 4.79 Å². The van der Waals surface area contributed by atoms with Crippen molar-refractivity contribution in [2.45, 2.75) is 24.8 Å². The summed E-state index contributed by atoms with van der Waals surface area (Å²) in [5, 5.41) is 10.1. The van der Waals surface area contributed by atoms with Gasteiger partial charge in [0.05, 0.1) is 11.8 Å². The van der Waals surface area contributed by atoms with Crippen molar-refractivity contribution in [3.63, 3.8) is 0 Å². The van der Waals surface area contributed by atoms with Gasteiger partial charge in [-0.05, 0) is 36.5 Å². The number of benzene rings is 1. The lowest BCUT2D eigenvalue weighted by Gasteiger charge is -2.36. The first-order chi connectivity index (χ1) is 10.2. The van der Waals surface area contributed by atoms with Gasteiger partial charge >= 0.3 is 0 Å². The number of aromatic nitrogens is 2. The van der Waals surface area contributed by atoms with E-state index in [0.717, 1.165) is 17.9 Å². The summed E-state index contributed by atoms with van der Waals surface area (Å²) < 4.78 is 0. The molecule has 0 bridgehead atoms. The maximum absolute atomic E-state index is 12.1. The van der Waals surface area contributed by atoms with Gasteiger partial charge in [-0.2, -0.15) is 5.10 Å². The average Bonchev–Trinajstić information content (AvgIpc) is 2.92. The van der Waals surface area contributed by atoms with E-state index in [-0.39, 0.29) is 11.9 Å². The maximum atomic E-state index is 12.1. The Labute approximate surface area is 127 Å². The summed E-state index contributed by atoms with van der Waals surface area (Å²) in [5.41, 5.74) is 2.10. The minimum atomic E-state index is -0.194. The van der Waals surface area contributed by atoms with Crippen LogP contribution < -0.4 is 5.32 Å². The Kier molecular flexibility index (Phi) is 3.68. The second-order valence-corrected chi connectivity index (χ2v) is 5.63. The Morgan fingerprint density at radius 2 is 2.10 bits per heavy atom. The van der Waals surface area contributed by atoms with Crippen molar-refractivity contribution >= 4 is 17.5 Å². The molecule has 3 rings (SSSR count). The lowest BCUT2D eigenvalue weighted by Crippen LogP contribution is -2.43. The molecular formula is C16H14ClN3O. The van der Waals surface area contributed by atoms with Crippen LogP contribution in [-0.4, -0.2) is 22.1 Å². The largest absolute Gasteiger partial charge is 0.348 e. The number of nitrogens with one attached hydrogen (secondary N) is 2. The third-order valence-corrected chi connectivity index (χ3v) is 4.09. The summed E-state index contributed by atoms with van der Waals surface area (Å²) in [6.45, 7) is 0. The first-order valence-electron chi connectivity index (χ1n) is 6.73. The molecule has 0 unspecified atom stereocenters. The number of terminal acetylenes is 1. The molecule has 106 valence electrons. The molecule has 1 aromatic heterocycles. The second-order valence-electron chi connectivity index (χ2n) is 5.19. The molecule has 4 nitrogen and oxygen atoms in total. The Balaban J connectivity index is 1.56. The highest BCUT2D eigenvalue weighted by molar-refractivity contribution is 6.30. The van der Waals surface area contributed by atoms with Crippen molar-refractivity contribution < 1.29 is 4.79 Å². The van der Waals surface area contributed by atoms with Crippen LogP contribution in [-0.2, 0) is 0 Å². The molecule has 21 heavy (non-hydrogen) atoms. The molecule has 1 amide bonds. The first kappa shape index (κ1) is 13.7. The zero-order valence-electron chi connectivity index (χ0n) is 11.3. The number of hydrogen-bond acceptors (Lipinski definition) is 2. The van der Waals surface area contributed by atoms with Gasteiger partial charge in [0, 0.05) is 11.1 Å². The van der Waals surface area contributed by atoms with E-state index in [1.807, 2.05) is 24.3 Å². The average molecular weight is 300 g/mol. The third-order valence-electron chi connectivity index (χ3n) is 3.84. The van der Waals surface area contributed by atoms with Crippen LogP contribution in [0.2, 0.25) is 5.02 Å². The topological polar surface area (TPSA) is 57.8 Å². The number of hydrogen-bond donors (Lipinski definition) is 2. The molecule has 1 aliphatic carbocycles. The number of aromatic amines is 1. The van der Waals surface area contributed by atoms with Crippen LogP contribution in [0.15, 0.2) is 30.5 Å². The molecule has 0 saturated heterocycles. The molecule has 1 fully saturated rings. The van der Waals surface area contributed by atoms with E-state index in [0.29, 0.717) is 17.2 Å². The molecule has 2 aromatic rings. The number of nitrogens with zero attached hydrogens (tertiary/aromatic N) is 1. The van der Waals surface area contributed by atoms with Gasteiger partial charge in [-0.15, -0.1) is 6.42 Å². The van der Waals surface area contributed by atoms with Crippen molar-refractivity contribution in [1.82, 2.24) is 15.5 Å². The third kappa shape index (κ3) is 2.79. The van der Waals surface area contributed by atoms with E-state index in [1.165, 1.54) is 11.8 Å². The fraction of sp³-hybridized carbons (Fsp3) is 0.250. The first-order valence-corrected chi connectivity index (χ1v) is 7.11. The minimum Gasteiger partial charge on any atom is -0.348 e. The molecule has 2 N–H and O–H groups in total. The second kappa shape index (κ2) is 5.63. The molecule has 0 radical (unpaired) electrons. The summed E-state index contributed by atoms with van der Waals surface area (Å²) in [7, 11) is 0. The molecule has 1 heterocycles. The molecule has 0 spiro atoms. The highest BCUT2D eigenvalue weighted by atomic mass is 35.5. The minimum absolute atomic E-state index is 0.173. The van der Waals surface area contributed by atoms with Crippen LogP contribution in [0.4, 0.5) is 0 Å². The maximum Gasteiger partial charge on any atom is 0.270 e. The number of carbonyl (C=O) groups is 1. The van der Waals surface area contributed by atoms with Crippen molar-refractivity contribution in [2.75, 3.05) is 0 Å². The lowest BCUT2D eigenvalue weighted by atomic mass is 9.76. The number of amides is 1. The zero-order chi connectivity index (χ0) is 14.8. The molecule has 0 aliphatic heterocycles. The zero-order valence-corrected chi connectivity index (χ0v) is 12.0. The van der Waals surface area contributed by atoms with Gasteiger partial charge in [0.25, 0.3) is 5.91 Å². The molecule has 1 saturated carbocycles. The number of rotatable bonds is 3. The predicted molar refractivity (Wildman–Crippen MR) is 81.2 cm³/mol. The van der Waals surface area contributed by atoms with Crippen LogP contribution in [0.5, 0.6) is 0 Å². The Morgan fingerprint density at radius 1 is 1.38 bits per heavy atom. The molecule has 1 aliphatic rings. The van der Waals surface area contributed by atoms with Crippen molar-refractivity contribution in [2.24, 2.45) is 0 Å². The van der Waals surface area contributed by atoms with E-state index in [4.69, 9.17) is 18.0 Å². The summed E-state index contributed by atoms with van der Waals surface area (Å²) >= 11 is 5.88. The van der Waals surface area contributed by atoms with Gasteiger partial charge in [-0.3, -0.25) is 9.89 Å². The van der Waals surface area contributed by atoms with E-state index in [2.05, 4.69) is 21.4 Å². The van der Waals surface area contributed by atoms with Gasteiger partial charge in [-0.1, -0.05) is 29.7 Å². The highest BCUT2D eigenvalue weighted by Crippen LogP contribution is 2.37. The van der Waals surface area contributed by atoms with Crippen LogP contribution in [0, 0.1) is 12.3 Å². The van der Waals surface area contributed by atoms with E-state index < -0.39 is 0 Å². The SMILES string of the molecule is C#Cc1cn[nH]c1C(=O)NC1CC(c2ccc(Cl)cc2)C1. The van der Waals surface area contributed by atoms with Gasteiger partial charge in [0.2, 0.25) is 0 Å². The summed E-state index contributed by atoms with van der Waals surface area (Å²) in [6, 6.07) is 8.04. The Morgan fingerprint density at radius 3 is 2.76 bits per heavy atom. The molecule has 1 aromatic carbocycles. The monoisotopic (exact) mass is 299 g/mol. The standard InChI is InChI=1S/C16H14ClN3O/c1-2-10-9-18-20-15(10)16(21)19-14-7-12(8-14)11-3-5-13(17)6-4-11/h1,3-6,9,12,14H,7-8H2,(H,18,20)(H,19,21). The quantitative estimate of drug-likeness (QED) is 0.856. The van der Waals surface area contributed by atoms with Gasteiger partial charge in [0.1, 0.15) is 5.69 Å². The van der Waals surface area contributed by atoms with Gasteiger partial charge < -0.3 is 5.32 Å². The molecule has 5 heteroatoms. The predicted octanol–water partition coefficient (Wildman–Crippen LogP) is 2.72. The van der Waals surface area contributed by atoms with Gasteiger partial charge in [0.15, 0.2) is 0 Å². The fourth-order valence-corrected chi connectivity index (χ4v) is 2.70. The lowest BCUT2D eigenvalue weighted by molar-refractivity contribution is 0.0903. The summed E-state index contributed by atoms with van der Waals surface area (Å²) in [5.74, 6) is 2.72.